The Balaban J connectivity index is 2.25. The van der Waals surface area contributed by atoms with Crippen molar-refractivity contribution in [1.82, 2.24) is 0 Å². The van der Waals surface area contributed by atoms with E-state index in [2.05, 4.69) is 0 Å². The molecule has 4 nitrogen and oxygen atoms in total. The highest BCUT2D eigenvalue weighted by atomic mass is 16.7. The Kier molecular flexibility index (Phi) is 4.39. The molecule has 1 aromatic carbocycles. The molecule has 0 bridgehead atoms. The van der Waals surface area contributed by atoms with Gasteiger partial charge in [0.2, 0.25) is 5.79 Å². The van der Waals surface area contributed by atoms with Gasteiger partial charge in [0.15, 0.2) is 6.10 Å². The Morgan fingerprint density at radius 3 is 2.35 bits per heavy atom. The minimum Gasteiger partial charge on any atom is -0.509 e. The molecule has 1 atom stereocenters. The topological polar surface area (TPSA) is 58.9 Å². The van der Waals surface area contributed by atoms with Crippen LogP contribution in [0.2, 0.25) is 0 Å². The smallest absolute Gasteiger partial charge is 0.222 e. The van der Waals surface area contributed by atoms with Gasteiger partial charge in [-0.1, -0.05) is 48.6 Å². The van der Waals surface area contributed by atoms with Crippen LogP contribution in [0.25, 0.3) is 6.08 Å². The normalized spacial score (nSPS) is 21.6. The van der Waals surface area contributed by atoms with Crippen LogP contribution in [-0.2, 0) is 9.47 Å². The zero-order chi connectivity index (χ0) is 14.6. The summed E-state index contributed by atoms with van der Waals surface area (Å²) in [7, 11) is 2.82. The third kappa shape index (κ3) is 2.67. The van der Waals surface area contributed by atoms with E-state index >= 15 is 0 Å². The molecule has 0 saturated heterocycles. The van der Waals surface area contributed by atoms with Crippen LogP contribution < -0.4 is 0 Å². The van der Waals surface area contributed by atoms with Crippen molar-refractivity contribution in [2.75, 3.05) is 14.2 Å². The lowest BCUT2D eigenvalue weighted by Crippen LogP contribution is -2.47. The molecular formula is C16H18O4. The molecule has 0 radical (unpaired) electrons. The third-order valence-corrected chi connectivity index (χ3v) is 3.32. The molecule has 0 aromatic heterocycles. The van der Waals surface area contributed by atoms with E-state index in [1.165, 1.54) is 14.2 Å². The standard InChI is InChI=1S/C16H18O4/c1-19-16(20-2)11-10-13(14(17)15(16)18)9-8-12-6-4-3-5-7-12/h3-11,15,17-18H,1-2H3. The molecule has 1 aliphatic carbocycles. The molecule has 0 amide bonds. The molecule has 2 rings (SSSR count). The number of rotatable bonds is 4. The van der Waals surface area contributed by atoms with Crippen molar-refractivity contribution in [3.05, 3.63) is 65.5 Å². The van der Waals surface area contributed by atoms with Gasteiger partial charge in [0, 0.05) is 19.8 Å². The van der Waals surface area contributed by atoms with Crippen molar-refractivity contribution < 1.29 is 19.7 Å². The number of benzene rings is 1. The predicted molar refractivity (Wildman–Crippen MR) is 77.0 cm³/mol. The molecular weight excluding hydrogens is 256 g/mol. The first-order valence-electron chi connectivity index (χ1n) is 6.27. The summed E-state index contributed by atoms with van der Waals surface area (Å²) < 4.78 is 10.3. The van der Waals surface area contributed by atoms with Gasteiger partial charge in [0.05, 0.1) is 0 Å². The van der Waals surface area contributed by atoms with Gasteiger partial charge < -0.3 is 19.7 Å². The molecule has 2 N–H and O–H groups in total. The maximum absolute atomic E-state index is 10.1. The van der Waals surface area contributed by atoms with Crippen molar-refractivity contribution in [2.24, 2.45) is 0 Å². The molecule has 0 saturated carbocycles. The number of allylic oxidation sites excluding steroid dienone is 3. The third-order valence-electron chi connectivity index (χ3n) is 3.32. The van der Waals surface area contributed by atoms with Gasteiger partial charge in [-0.3, -0.25) is 0 Å². The van der Waals surface area contributed by atoms with Gasteiger partial charge in [0.25, 0.3) is 0 Å². The monoisotopic (exact) mass is 274 g/mol. The second-order valence-corrected chi connectivity index (χ2v) is 4.45. The lowest BCUT2D eigenvalue weighted by molar-refractivity contribution is -0.223. The summed E-state index contributed by atoms with van der Waals surface area (Å²) in [6, 6.07) is 9.70. The first-order chi connectivity index (χ1) is 9.63. The van der Waals surface area contributed by atoms with Crippen molar-refractivity contribution >= 4 is 6.08 Å². The van der Waals surface area contributed by atoms with E-state index in [9.17, 15) is 10.2 Å². The zero-order valence-electron chi connectivity index (χ0n) is 11.5. The van der Waals surface area contributed by atoms with Gasteiger partial charge in [-0.2, -0.15) is 0 Å². The first kappa shape index (κ1) is 14.5. The lowest BCUT2D eigenvalue weighted by Gasteiger charge is -2.34. The summed E-state index contributed by atoms with van der Waals surface area (Å²) in [6.45, 7) is 0. The van der Waals surface area contributed by atoms with Crippen LogP contribution in [0.1, 0.15) is 5.56 Å². The number of hydrogen-bond donors (Lipinski definition) is 2. The number of aliphatic hydroxyl groups is 2. The summed E-state index contributed by atoms with van der Waals surface area (Å²) in [6.07, 6.45) is 5.57. The summed E-state index contributed by atoms with van der Waals surface area (Å²) >= 11 is 0. The molecule has 4 heteroatoms. The highest BCUT2D eigenvalue weighted by molar-refractivity contribution is 5.56. The second kappa shape index (κ2) is 6.05. The first-order valence-corrected chi connectivity index (χ1v) is 6.27. The van der Waals surface area contributed by atoms with Crippen LogP contribution in [0.3, 0.4) is 0 Å². The summed E-state index contributed by atoms with van der Waals surface area (Å²) in [5, 5.41) is 20.2. The molecule has 106 valence electrons. The van der Waals surface area contributed by atoms with Crippen molar-refractivity contribution in [3.8, 4) is 0 Å². The Bertz CT molecular complexity index is 539. The molecule has 1 aromatic rings. The van der Waals surface area contributed by atoms with Crippen LogP contribution >= 0.6 is 0 Å². The fraction of sp³-hybridized carbons (Fsp3) is 0.250. The minimum absolute atomic E-state index is 0.177. The molecule has 1 unspecified atom stereocenters. The Labute approximate surface area is 118 Å². The molecule has 20 heavy (non-hydrogen) atoms. The molecule has 0 fully saturated rings. The maximum atomic E-state index is 10.1. The quantitative estimate of drug-likeness (QED) is 0.828. The summed E-state index contributed by atoms with van der Waals surface area (Å²) in [5.74, 6) is -1.52. The number of aliphatic hydroxyl groups excluding tert-OH is 2. The minimum atomic E-state index is -1.34. The number of hydrogen-bond acceptors (Lipinski definition) is 4. The highest BCUT2D eigenvalue weighted by Gasteiger charge is 2.41. The fourth-order valence-corrected chi connectivity index (χ4v) is 2.06. The fourth-order valence-electron chi connectivity index (χ4n) is 2.06. The number of ether oxygens (including phenoxy) is 2. The van der Waals surface area contributed by atoms with Crippen LogP contribution in [0.5, 0.6) is 0 Å². The van der Waals surface area contributed by atoms with Crippen LogP contribution in [0.15, 0.2) is 59.9 Å². The average Bonchev–Trinajstić information content (AvgIpc) is 2.50. The van der Waals surface area contributed by atoms with E-state index in [0.717, 1.165) is 5.56 Å². The van der Waals surface area contributed by atoms with Gasteiger partial charge in [-0.25, -0.2) is 0 Å². The van der Waals surface area contributed by atoms with Crippen molar-refractivity contribution in [3.63, 3.8) is 0 Å². The SMILES string of the molecule is COC1(OC)C=CC(C=Cc2ccccc2)=C(O)C1O. The Morgan fingerprint density at radius 1 is 1.10 bits per heavy atom. The lowest BCUT2D eigenvalue weighted by atomic mass is 9.96. The van der Waals surface area contributed by atoms with E-state index in [1.54, 1.807) is 18.2 Å². The van der Waals surface area contributed by atoms with Gasteiger partial charge in [0.1, 0.15) is 5.76 Å². The second-order valence-electron chi connectivity index (χ2n) is 4.45. The van der Waals surface area contributed by atoms with Gasteiger partial charge in [-0.15, -0.1) is 0 Å². The van der Waals surface area contributed by atoms with Crippen LogP contribution in [0.4, 0.5) is 0 Å². The zero-order valence-corrected chi connectivity index (χ0v) is 11.5. The maximum Gasteiger partial charge on any atom is 0.222 e. The van der Waals surface area contributed by atoms with E-state index in [4.69, 9.17) is 9.47 Å². The Hall–Kier alpha value is -1.88. The van der Waals surface area contributed by atoms with E-state index < -0.39 is 11.9 Å². The van der Waals surface area contributed by atoms with Gasteiger partial charge >= 0.3 is 0 Å². The number of methoxy groups -OCH3 is 2. The van der Waals surface area contributed by atoms with Crippen LogP contribution in [0, 0.1) is 0 Å². The Morgan fingerprint density at radius 2 is 1.75 bits per heavy atom. The largest absolute Gasteiger partial charge is 0.509 e. The summed E-state index contributed by atoms with van der Waals surface area (Å²) in [5.41, 5.74) is 1.53. The van der Waals surface area contributed by atoms with E-state index in [1.807, 2.05) is 36.4 Å². The highest BCUT2D eigenvalue weighted by Crippen LogP contribution is 2.30. The van der Waals surface area contributed by atoms with Crippen molar-refractivity contribution in [1.29, 1.82) is 0 Å². The molecule has 1 aliphatic rings. The molecule has 0 aliphatic heterocycles. The molecule has 0 spiro atoms. The van der Waals surface area contributed by atoms with Gasteiger partial charge in [-0.05, 0) is 11.6 Å². The van der Waals surface area contributed by atoms with Crippen molar-refractivity contribution in [2.45, 2.75) is 11.9 Å². The van der Waals surface area contributed by atoms with Crippen LogP contribution in [-0.4, -0.2) is 36.3 Å². The molecule has 0 heterocycles. The summed E-state index contributed by atoms with van der Waals surface area (Å²) in [4.78, 5) is 0. The average molecular weight is 274 g/mol. The van der Waals surface area contributed by atoms with E-state index in [-0.39, 0.29) is 5.76 Å². The predicted octanol–water partition coefficient (Wildman–Crippen LogP) is 2.43. The van der Waals surface area contributed by atoms with E-state index in [0.29, 0.717) is 5.57 Å².